The highest BCUT2D eigenvalue weighted by Gasteiger charge is 2.25. The monoisotopic (exact) mass is 566 g/mol. The smallest absolute Gasteiger partial charge is 0.125 e. The van der Waals surface area contributed by atoms with Crippen molar-refractivity contribution >= 4 is 0 Å². The van der Waals surface area contributed by atoms with E-state index in [0.29, 0.717) is 19.8 Å². The molecule has 0 saturated carbocycles. The predicted molar refractivity (Wildman–Crippen MR) is 167 cm³/mol. The molecule has 1 aliphatic heterocycles. The summed E-state index contributed by atoms with van der Waals surface area (Å²) >= 11 is 0. The van der Waals surface area contributed by atoms with E-state index in [-0.39, 0.29) is 23.0 Å². The summed E-state index contributed by atoms with van der Waals surface area (Å²) in [4.78, 5) is 0. The van der Waals surface area contributed by atoms with Gasteiger partial charge in [0.05, 0.1) is 6.61 Å². The van der Waals surface area contributed by atoms with E-state index in [2.05, 4.69) is 88.4 Å². The van der Waals surface area contributed by atoms with Gasteiger partial charge in [0.25, 0.3) is 0 Å². The highest BCUT2D eigenvalue weighted by Crippen LogP contribution is 2.34. The fourth-order valence-corrected chi connectivity index (χ4v) is 5.01. The number of ether oxygens (including phenoxy) is 5. The van der Waals surface area contributed by atoms with Crippen molar-refractivity contribution in [1.29, 1.82) is 0 Å². The van der Waals surface area contributed by atoms with Gasteiger partial charge in [0.1, 0.15) is 49.3 Å². The van der Waals surface area contributed by atoms with E-state index in [0.717, 1.165) is 23.9 Å². The van der Waals surface area contributed by atoms with E-state index in [4.69, 9.17) is 23.7 Å². The van der Waals surface area contributed by atoms with E-state index < -0.39 is 0 Å². The molecule has 42 heavy (non-hydrogen) atoms. The number of methoxy groups -OCH3 is 1. The molecule has 4 aromatic carbocycles. The van der Waals surface area contributed by atoms with Crippen LogP contribution < -0.4 is 14.2 Å². The molecule has 5 heteroatoms. The third-order valence-electron chi connectivity index (χ3n) is 8.27. The number of hydrogen-bond acceptors (Lipinski definition) is 5. The lowest BCUT2D eigenvalue weighted by Gasteiger charge is -2.27. The van der Waals surface area contributed by atoms with Gasteiger partial charge < -0.3 is 23.7 Å². The average Bonchev–Trinajstić information content (AvgIpc) is 3.86. The minimum atomic E-state index is -0.200. The lowest BCUT2D eigenvalue weighted by atomic mass is 9.78. The lowest BCUT2D eigenvalue weighted by Crippen LogP contribution is -2.27. The molecule has 1 aliphatic rings. The molecule has 1 heterocycles. The summed E-state index contributed by atoms with van der Waals surface area (Å²) in [6, 6.07) is 35.5. The second-order valence-corrected chi connectivity index (χ2v) is 11.9. The zero-order chi connectivity index (χ0) is 29.6. The van der Waals surface area contributed by atoms with Crippen molar-refractivity contribution in [3.8, 4) is 17.2 Å². The summed E-state index contributed by atoms with van der Waals surface area (Å²) in [5, 5.41) is 0. The zero-order valence-electron chi connectivity index (χ0n) is 25.3. The maximum atomic E-state index is 6.07. The van der Waals surface area contributed by atoms with Gasteiger partial charge in [-0.15, -0.1) is 0 Å². The van der Waals surface area contributed by atoms with Crippen molar-refractivity contribution in [2.24, 2.45) is 0 Å². The Morgan fingerprint density at radius 1 is 0.595 bits per heavy atom. The zero-order valence-corrected chi connectivity index (χ0v) is 25.3. The fourth-order valence-electron chi connectivity index (χ4n) is 5.01. The molecule has 5 rings (SSSR count). The van der Waals surface area contributed by atoms with E-state index in [9.17, 15) is 0 Å². The van der Waals surface area contributed by atoms with Crippen LogP contribution in [0.25, 0.3) is 0 Å². The van der Waals surface area contributed by atoms with Gasteiger partial charge in [-0.05, 0) is 58.7 Å². The minimum absolute atomic E-state index is 0.0850. The van der Waals surface area contributed by atoms with Gasteiger partial charge in [0.2, 0.25) is 0 Å². The highest BCUT2D eigenvalue weighted by atomic mass is 16.6. The first-order chi connectivity index (χ1) is 20.3. The van der Waals surface area contributed by atoms with Crippen LogP contribution in [0.4, 0.5) is 0 Å². The third-order valence-corrected chi connectivity index (χ3v) is 8.27. The van der Waals surface area contributed by atoms with Gasteiger partial charge in [-0.2, -0.15) is 0 Å². The molecule has 0 aliphatic carbocycles. The second-order valence-electron chi connectivity index (χ2n) is 11.9. The topological polar surface area (TPSA) is 49.5 Å². The number of rotatable bonds is 14. The van der Waals surface area contributed by atoms with Crippen LogP contribution in [-0.2, 0) is 20.3 Å². The number of epoxide rings is 1. The first-order valence-electron chi connectivity index (χ1n) is 14.7. The number of benzene rings is 4. The van der Waals surface area contributed by atoms with Crippen LogP contribution in [0.3, 0.4) is 0 Å². The van der Waals surface area contributed by atoms with Crippen molar-refractivity contribution in [2.75, 3.05) is 33.5 Å². The van der Waals surface area contributed by atoms with Gasteiger partial charge in [-0.3, -0.25) is 0 Å². The first kappa shape index (κ1) is 29.7. The summed E-state index contributed by atoms with van der Waals surface area (Å²) in [6.07, 6.45) is 0.0536. The van der Waals surface area contributed by atoms with Crippen LogP contribution in [0, 0.1) is 0 Å². The molecule has 0 bridgehead atoms. The molecule has 2 atom stereocenters. The lowest BCUT2D eigenvalue weighted by molar-refractivity contribution is 0.0237. The maximum Gasteiger partial charge on any atom is 0.125 e. The summed E-state index contributed by atoms with van der Waals surface area (Å²) < 4.78 is 28.8. The minimum Gasteiger partial charge on any atom is -0.491 e. The summed E-state index contributed by atoms with van der Waals surface area (Å²) in [5.41, 5.74) is 4.71. The van der Waals surface area contributed by atoms with Crippen molar-refractivity contribution < 1.29 is 23.7 Å². The van der Waals surface area contributed by atoms with Crippen molar-refractivity contribution in [3.63, 3.8) is 0 Å². The van der Waals surface area contributed by atoms with Crippen molar-refractivity contribution in [3.05, 3.63) is 125 Å². The Balaban J connectivity index is 1.11. The van der Waals surface area contributed by atoms with E-state index >= 15 is 0 Å². The Hall–Kier alpha value is -3.80. The molecule has 0 radical (unpaired) electrons. The molecule has 5 nitrogen and oxygen atoms in total. The van der Waals surface area contributed by atoms with Gasteiger partial charge in [0.15, 0.2) is 0 Å². The molecule has 0 spiro atoms. The molecular weight excluding hydrogens is 524 g/mol. The molecule has 0 aromatic heterocycles. The first-order valence-corrected chi connectivity index (χ1v) is 14.7. The quantitative estimate of drug-likeness (QED) is 0.147. The standard InChI is InChI=1S/C37H42O5/c1-36(2,27-9-7-6-8-10-27)28-11-17-31(18-12-28)39-23-34(38-5)24-40-32-19-13-29(14-20-32)37(3,4)30-15-21-33(22-16-30)41-25-35-26-42-35/h6-22,34-35H,23-26H2,1-5H3. The van der Waals surface area contributed by atoms with Crippen LogP contribution in [0.15, 0.2) is 103 Å². The van der Waals surface area contributed by atoms with Crippen LogP contribution in [-0.4, -0.2) is 45.7 Å². The molecule has 4 aromatic rings. The second kappa shape index (κ2) is 13.0. The molecule has 0 N–H and O–H groups in total. The fraction of sp³-hybridized carbons (Fsp3) is 0.351. The van der Waals surface area contributed by atoms with Gasteiger partial charge >= 0.3 is 0 Å². The van der Waals surface area contributed by atoms with Crippen LogP contribution in [0.1, 0.15) is 49.9 Å². The third kappa shape index (κ3) is 7.33. The Labute approximate surface area is 250 Å². The predicted octanol–water partition coefficient (Wildman–Crippen LogP) is 7.59. The number of hydrogen-bond donors (Lipinski definition) is 0. The summed E-state index contributed by atoms with van der Waals surface area (Å²) in [6.45, 7) is 11.1. The molecular formula is C37H42O5. The average molecular weight is 567 g/mol. The largest absolute Gasteiger partial charge is 0.491 e. The normalized spacial score (nSPS) is 15.6. The highest BCUT2D eigenvalue weighted by molar-refractivity contribution is 5.42. The molecule has 1 fully saturated rings. The van der Waals surface area contributed by atoms with Gasteiger partial charge in [-0.25, -0.2) is 0 Å². The Morgan fingerprint density at radius 2 is 0.976 bits per heavy atom. The SMILES string of the molecule is COC(COc1ccc(C(C)(C)c2ccccc2)cc1)COc1ccc(C(C)(C)c2ccc(OCC3CO3)cc2)cc1. The Bertz CT molecular complexity index is 1390. The van der Waals surface area contributed by atoms with Gasteiger partial charge in [-0.1, -0.05) is 94.4 Å². The van der Waals surface area contributed by atoms with Crippen molar-refractivity contribution in [1.82, 2.24) is 0 Å². The van der Waals surface area contributed by atoms with E-state index in [1.165, 1.54) is 22.3 Å². The van der Waals surface area contributed by atoms with E-state index in [1.807, 2.05) is 42.5 Å². The van der Waals surface area contributed by atoms with Crippen LogP contribution in [0.2, 0.25) is 0 Å². The molecule has 1 saturated heterocycles. The molecule has 0 amide bonds. The maximum absolute atomic E-state index is 6.07. The Morgan fingerprint density at radius 3 is 1.36 bits per heavy atom. The van der Waals surface area contributed by atoms with Gasteiger partial charge in [0, 0.05) is 17.9 Å². The molecule has 220 valence electrons. The van der Waals surface area contributed by atoms with Crippen molar-refractivity contribution in [2.45, 2.75) is 50.7 Å². The van der Waals surface area contributed by atoms with Crippen LogP contribution >= 0.6 is 0 Å². The summed E-state index contributed by atoms with van der Waals surface area (Å²) in [7, 11) is 1.69. The molecule has 2 unspecified atom stereocenters. The van der Waals surface area contributed by atoms with Crippen LogP contribution in [0.5, 0.6) is 17.2 Å². The summed E-state index contributed by atoms with van der Waals surface area (Å²) in [5.74, 6) is 2.48. The van der Waals surface area contributed by atoms with E-state index in [1.54, 1.807) is 7.11 Å². The Kier molecular flexibility index (Phi) is 9.20.